The smallest absolute Gasteiger partial charge is 0.327 e. The lowest BCUT2D eigenvalue weighted by Crippen LogP contribution is -2.17. The van der Waals surface area contributed by atoms with Gasteiger partial charge in [-0.25, -0.2) is 18.6 Å². The second kappa shape index (κ2) is 6.68. The highest BCUT2D eigenvalue weighted by atomic mass is 19.1. The van der Waals surface area contributed by atoms with Crippen molar-refractivity contribution in [3.63, 3.8) is 0 Å². The van der Waals surface area contributed by atoms with E-state index in [2.05, 4.69) is 9.97 Å². The molecular formula is C20H15F2N3O2. The van der Waals surface area contributed by atoms with Crippen molar-refractivity contribution >= 4 is 11.2 Å². The SMILES string of the molecule is COc1ccc(Cn2c(=O)[nH]c3ncc(-c4cc(F)cc(F)c4)cc32)cc1. The molecule has 0 saturated heterocycles. The predicted molar refractivity (Wildman–Crippen MR) is 97.8 cm³/mol. The largest absolute Gasteiger partial charge is 0.497 e. The highest BCUT2D eigenvalue weighted by molar-refractivity contribution is 5.78. The van der Waals surface area contributed by atoms with E-state index in [9.17, 15) is 13.6 Å². The molecule has 0 bridgehead atoms. The average Bonchev–Trinajstić information content (AvgIpc) is 2.96. The van der Waals surface area contributed by atoms with E-state index < -0.39 is 11.6 Å². The normalized spacial score (nSPS) is 11.1. The molecule has 0 saturated carbocycles. The zero-order valence-corrected chi connectivity index (χ0v) is 14.4. The van der Waals surface area contributed by atoms with Gasteiger partial charge in [0.1, 0.15) is 17.4 Å². The number of benzene rings is 2. The summed E-state index contributed by atoms with van der Waals surface area (Å²) < 4.78 is 33.7. The van der Waals surface area contributed by atoms with Crippen LogP contribution in [0.1, 0.15) is 5.56 Å². The molecule has 5 nitrogen and oxygen atoms in total. The minimum Gasteiger partial charge on any atom is -0.497 e. The van der Waals surface area contributed by atoms with Crippen molar-refractivity contribution < 1.29 is 13.5 Å². The summed E-state index contributed by atoms with van der Waals surface area (Å²) in [5, 5.41) is 0. The lowest BCUT2D eigenvalue weighted by molar-refractivity contribution is 0.414. The Balaban J connectivity index is 1.78. The van der Waals surface area contributed by atoms with Crippen LogP contribution < -0.4 is 10.4 Å². The summed E-state index contributed by atoms with van der Waals surface area (Å²) in [7, 11) is 1.58. The Morgan fingerprint density at radius 2 is 1.74 bits per heavy atom. The van der Waals surface area contributed by atoms with E-state index in [0.29, 0.717) is 28.8 Å². The van der Waals surface area contributed by atoms with Crippen molar-refractivity contribution in [2.45, 2.75) is 6.54 Å². The predicted octanol–water partition coefficient (Wildman–Crippen LogP) is 3.73. The molecular weight excluding hydrogens is 352 g/mol. The van der Waals surface area contributed by atoms with E-state index in [1.54, 1.807) is 13.2 Å². The molecule has 4 rings (SSSR count). The van der Waals surface area contributed by atoms with E-state index in [4.69, 9.17) is 4.74 Å². The van der Waals surface area contributed by atoms with Gasteiger partial charge in [-0.2, -0.15) is 0 Å². The standard InChI is InChI=1S/C20H15F2N3O2/c1-27-17-4-2-12(3-5-17)11-25-18-8-14(10-23-19(18)24-20(25)26)13-6-15(21)9-16(22)7-13/h2-10H,11H2,1H3,(H,23,24,26). The van der Waals surface area contributed by atoms with Gasteiger partial charge < -0.3 is 4.74 Å². The summed E-state index contributed by atoms with van der Waals surface area (Å²) in [6.45, 7) is 0.325. The van der Waals surface area contributed by atoms with Crippen molar-refractivity contribution in [1.29, 1.82) is 0 Å². The van der Waals surface area contributed by atoms with Crippen LogP contribution in [-0.2, 0) is 6.54 Å². The van der Waals surface area contributed by atoms with Crippen molar-refractivity contribution in [3.8, 4) is 16.9 Å². The number of pyridine rings is 1. The van der Waals surface area contributed by atoms with Gasteiger partial charge in [-0.15, -0.1) is 0 Å². The number of hydrogen-bond donors (Lipinski definition) is 1. The van der Waals surface area contributed by atoms with Crippen LogP contribution in [0.15, 0.2) is 59.5 Å². The Morgan fingerprint density at radius 1 is 1.04 bits per heavy atom. The fourth-order valence-corrected chi connectivity index (χ4v) is 2.98. The molecule has 7 heteroatoms. The number of nitrogens with one attached hydrogen (secondary N) is 1. The Hall–Kier alpha value is -3.48. The molecule has 0 radical (unpaired) electrons. The molecule has 0 spiro atoms. The van der Waals surface area contributed by atoms with Gasteiger partial charge in [0.15, 0.2) is 5.65 Å². The first-order valence-corrected chi connectivity index (χ1v) is 8.21. The second-order valence-corrected chi connectivity index (χ2v) is 6.11. The molecule has 1 N–H and O–H groups in total. The quantitative estimate of drug-likeness (QED) is 0.598. The van der Waals surface area contributed by atoms with Crippen LogP contribution in [-0.4, -0.2) is 21.6 Å². The third-order valence-electron chi connectivity index (χ3n) is 4.32. The molecule has 0 unspecified atom stereocenters. The first kappa shape index (κ1) is 17.0. The van der Waals surface area contributed by atoms with Gasteiger partial charge in [-0.05, 0) is 41.5 Å². The van der Waals surface area contributed by atoms with Gasteiger partial charge in [0, 0.05) is 17.8 Å². The summed E-state index contributed by atoms with van der Waals surface area (Å²) in [6, 6.07) is 12.3. The number of ether oxygens (including phenoxy) is 1. The fraction of sp³-hybridized carbons (Fsp3) is 0.100. The number of aromatic amines is 1. The number of halogens is 2. The number of aromatic nitrogens is 3. The minimum absolute atomic E-state index is 0.309. The first-order chi connectivity index (χ1) is 13.0. The number of methoxy groups -OCH3 is 1. The molecule has 2 aromatic heterocycles. The maximum atomic E-state index is 13.5. The minimum atomic E-state index is -0.671. The molecule has 0 aliphatic rings. The van der Waals surface area contributed by atoms with Crippen LogP contribution in [0, 0.1) is 11.6 Å². The van der Waals surface area contributed by atoms with Crippen molar-refractivity contribution in [3.05, 3.63) is 82.4 Å². The van der Waals surface area contributed by atoms with E-state index in [1.165, 1.54) is 22.9 Å². The molecule has 2 aromatic carbocycles. The van der Waals surface area contributed by atoms with Crippen LogP contribution in [0.5, 0.6) is 5.75 Å². The zero-order chi connectivity index (χ0) is 19.0. The van der Waals surface area contributed by atoms with Gasteiger partial charge in [-0.3, -0.25) is 9.55 Å². The molecule has 4 aromatic rings. The lowest BCUT2D eigenvalue weighted by atomic mass is 10.1. The summed E-state index contributed by atoms with van der Waals surface area (Å²) in [6.07, 6.45) is 1.48. The Bertz CT molecular complexity index is 1160. The third kappa shape index (κ3) is 3.31. The first-order valence-electron chi connectivity index (χ1n) is 8.21. The number of H-pyrrole nitrogens is 1. The van der Waals surface area contributed by atoms with E-state index in [1.807, 2.05) is 24.3 Å². The Morgan fingerprint density at radius 3 is 2.41 bits per heavy atom. The number of fused-ring (bicyclic) bond motifs is 1. The maximum Gasteiger partial charge on any atom is 0.327 e. The fourth-order valence-electron chi connectivity index (χ4n) is 2.98. The van der Waals surface area contributed by atoms with Gasteiger partial charge in [0.25, 0.3) is 0 Å². The number of hydrogen-bond acceptors (Lipinski definition) is 3. The molecule has 0 aliphatic carbocycles. The van der Waals surface area contributed by atoms with Gasteiger partial charge in [0.05, 0.1) is 19.2 Å². The van der Waals surface area contributed by atoms with Gasteiger partial charge in [-0.1, -0.05) is 12.1 Å². The maximum absolute atomic E-state index is 13.5. The summed E-state index contributed by atoms with van der Waals surface area (Å²) >= 11 is 0. The second-order valence-electron chi connectivity index (χ2n) is 6.11. The van der Waals surface area contributed by atoms with E-state index >= 15 is 0 Å². The molecule has 0 amide bonds. The highest BCUT2D eigenvalue weighted by Gasteiger charge is 2.11. The Labute approximate surface area is 152 Å². The Kier molecular flexibility index (Phi) is 4.19. The number of rotatable bonds is 4. The molecule has 0 fully saturated rings. The van der Waals surface area contributed by atoms with Crippen LogP contribution in [0.25, 0.3) is 22.3 Å². The molecule has 136 valence electrons. The van der Waals surface area contributed by atoms with Crippen molar-refractivity contribution in [2.24, 2.45) is 0 Å². The van der Waals surface area contributed by atoms with Crippen LogP contribution >= 0.6 is 0 Å². The van der Waals surface area contributed by atoms with Crippen LogP contribution in [0.2, 0.25) is 0 Å². The number of nitrogens with zero attached hydrogens (tertiary/aromatic N) is 2. The third-order valence-corrected chi connectivity index (χ3v) is 4.32. The highest BCUT2D eigenvalue weighted by Crippen LogP contribution is 2.24. The molecule has 27 heavy (non-hydrogen) atoms. The van der Waals surface area contributed by atoms with E-state index in [0.717, 1.165) is 17.4 Å². The molecule has 0 aliphatic heterocycles. The van der Waals surface area contributed by atoms with Crippen LogP contribution in [0.4, 0.5) is 8.78 Å². The van der Waals surface area contributed by atoms with Gasteiger partial charge >= 0.3 is 5.69 Å². The number of imidazole rings is 1. The monoisotopic (exact) mass is 367 g/mol. The summed E-state index contributed by atoms with van der Waals surface area (Å²) in [5.74, 6) is -0.619. The molecule has 2 heterocycles. The van der Waals surface area contributed by atoms with Crippen molar-refractivity contribution in [1.82, 2.24) is 14.5 Å². The lowest BCUT2D eigenvalue weighted by Gasteiger charge is -2.07. The zero-order valence-electron chi connectivity index (χ0n) is 14.4. The topological polar surface area (TPSA) is 59.9 Å². The summed E-state index contributed by atoms with van der Waals surface area (Å²) in [5.41, 5.74) is 2.43. The molecule has 0 atom stereocenters. The van der Waals surface area contributed by atoms with Crippen LogP contribution in [0.3, 0.4) is 0 Å². The summed E-state index contributed by atoms with van der Waals surface area (Å²) in [4.78, 5) is 19.3. The average molecular weight is 367 g/mol. The van der Waals surface area contributed by atoms with E-state index in [-0.39, 0.29) is 5.69 Å². The van der Waals surface area contributed by atoms with Gasteiger partial charge in [0.2, 0.25) is 0 Å². The van der Waals surface area contributed by atoms with Crippen molar-refractivity contribution in [2.75, 3.05) is 7.11 Å².